The van der Waals surface area contributed by atoms with Crippen LogP contribution in [0.4, 0.5) is 8.78 Å². The first kappa shape index (κ1) is 20.2. The predicted octanol–water partition coefficient (Wildman–Crippen LogP) is 4.89. The maximum atomic E-state index is 13.8. The smallest absolute Gasteiger partial charge is 0.342 e. The Morgan fingerprint density at radius 1 is 1.25 bits per heavy atom. The molecule has 1 aromatic carbocycles. The third kappa shape index (κ3) is 4.13. The average molecular weight is 390 g/mol. The van der Waals surface area contributed by atoms with E-state index in [1.165, 1.54) is 4.68 Å². The number of ether oxygens (including phenoxy) is 1. The molecular weight excluding hydrogens is 366 g/mol. The molecule has 0 N–H and O–H groups in total. The number of nitrogens with zero attached hydrogens (tertiary/aromatic N) is 2. The molecule has 1 aliphatic rings. The summed E-state index contributed by atoms with van der Waals surface area (Å²) in [7, 11) is 0. The van der Waals surface area contributed by atoms with E-state index in [0.717, 1.165) is 11.8 Å². The summed E-state index contributed by atoms with van der Waals surface area (Å²) in [4.78, 5) is 24.2. The second-order valence-corrected chi connectivity index (χ2v) is 7.60. The number of alkyl halides is 2. The Bertz CT molecular complexity index is 841. The van der Waals surface area contributed by atoms with E-state index in [1.807, 2.05) is 25.1 Å². The Balaban J connectivity index is 1.75. The second-order valence-electron chi connectivity index (χ2n) is 7.60. The molecule has 28 heavy (non-hydrogen) atoms. The zero-order valence-corrected chi connectivity index (χ0v) is 16.0. The van der Waals surface area contributed by atoms with Gasteiger partial charge in [0.2, 0.25) is 0 Å². The lowest BCUT2D eigenvalue weighted by Crippen LogP contribution is -2.32. The van der Waals surface area contributed by atoms with Gasteiger partial charge in [-0.05, 0) is 38.2 Å². The molecule has 3 rings (SSSR count). The summed E-state index contributed by atoms with van der Waals surface area (Å²) in [6, 6.07) is 8.78. The van der Waals surface area contributed by atoms with Crippen molar-refractivity contribution >= 4 is 11.8 Å². The fraction of sp³-hybridized carbons (Fsp3) is 0.476. The van der Waals surface area contributed by atoms with Crippen LogP contribution in [0.25, 0.3) is 0 Å². The third-order valence-corrected chi connectivity index (χ3v) is 5.73. The first-order valence-electron chi connectivity index (χ1n) is 9.39. The number of aromatic nitrogens is 2. The SMILES string of the molecule is CC(=O)C1(C)CCC(n2ncc(C(=O)OCc3ccccc3)c2C(F)F)CC1. The molecule has 7 heteroatoms. The van der Waals surface area contributed by atoms with Crippen molar-refractivity contribution in [3.8, 4) is 0 Å². The highest BCUT2D eigenvalue weighted by atomic mass is 19.3. The number of Topliss-reactive ketones (excluding diaryl/α,β-unsaturated/α-hetero) is 1. The minimum Gasteiger partial charge on any atom is -0.457 e. The van der Waals surface area contributed by atoms with E-state index in [-0.39, 0.29) is 24.0 Å². The monoisotopic (exact) mass is 390 g/mol. The highest BCUT2D eigenvalue weighted by Crippen LogP contribution is 2.42. The van der Waals surface area contributed by atoms with E-state index in [9.17, 15) is 18.4 Å². The van der Waals surface area contributed by atoms with Crippen molar-refractivity contribution in [2.45, 2.75) is 58.6 Å². The van der Waals surface area contributed by atoms with Gasteiger partial charge >= 0.3 is 5.97 Å². The van der Waals surface area contributed by atoms with Crippen LogP contribution in [0.15, 0.2) is 36.5 Å². The number of carbonyl (C=O) groups is 2. The Hall–Kier alpha value is -2.57. The van der Waals surface area contributed by atoms with Crippen molar-refractivity contribution < 1.29 is 23.1 Å². The van der Waals surface area contributed by atoms with Crippen molar-refractivity contribution in [3.05, 3.63) is 53.3 Å². The van der Waals surface area contributed by atoms with Gasteiger partial charge in [0.25, 0.3) is 6.43 Å². The van der Waals surface area contributed by atoms with Crippen LogP contribution >= 0.6 is 0 Å². The summed E-state index contributed by atoms with van der Waals surface area (Å²) in [5, 5.41) is 4.08. The number of benzene rings is 1. The molecule has 0 bridgehead atoms. The van der Waals surface area contributed by atoms with Crippen LogP contribution in [-0.2, 0) is 16.1 Å². The molecule has 1 saturated carbocycles. The molecule has 150 valence electrons. The molecule has 1 aliphatic carbocycles. The molecule has 0 amide bonds. The van der Waals surface area contributed by atoms with Gasteiger partial charge in [0.1, 0.15) is 23.6 Å². The molecule has 1 fully saturated rings. The fourth-order valence-electron chi connectivity index (χ4n) is 3.67. The van der Waals surface area contributed by atoms with Crippen LogP contribution in [0.1, 0.15) is 73.6 Å². The van der Waals surface area contributed by atoms with Gasteiger partial charge < -0.3 is 4.74 Å². The highest BCUT2D eigenvalue weighted by molar-refractivity contribution is 5.90. The Labute approximate surface area is 162 Å². The summed E-state index contributed by atoms with van der Waals surface area (Å²) >= 11 is 0. The molecule has 0 radical (unpaired) electrons. The summed E-state index contributed by atoms with van der Waals surface area (Å²) in [6.07, 6.45) is 0.676. The van der Waals surface area contributed by atoms with E-state index >= 15 is 0 Å². The van der Waals surface area contributed by atoms with E-state index in [0.29, 0.717) is 25.7 Å². The number of hydrogen-bond donors (Lipinski definition) is 0. The van der Waals surface area contributed by atoms with Gasteiger partial charge in [-0.25, -0.2) is 13.6 Å². The van der Waals surface area contributed by atoms with Crippen molar-refractivity contribution in [1.82, 2.24) is 9.78 Å². The fourth-order valence-corrected chi connectivity index (χ4v) is 3.67. The van der Waals surface area contributed by atoms with Crippen molar-refractivity contribution in [1.29, 1.82) is 0 Å². The molecule has 0 spiro atoms. The predicted molar refractivity (Wildman–Crippen MR) is 99.0 cm³/mol. The number of carbonyl (C=O) groups excluding carboxylic acids is 2. The molecule has 1 heterocycles. The van der Waals surface area contributed by atoms with Crippen LogP contribution in [-0.4, -0.2) is 21.5 Å². The van der Waals surface area contributed by atoms with Crippen LogP contribution in [0.5, 0.6) is 0 Å². The standard InChI is InChI=1S/C21H24F2N2O3/c1-14(26)21(2)10-8-16(9-11-21)25-18(19(22)23)17(12-24-25)20(27)28-13-15-6-4-3-5-7-15/h3-7,12,16,19H,8-11,13H2,1-2H3. The van der Waals surface area contributed by atoms with Gasteiger partial charge in [-0.2, -0.15) is 5.10 Å². The minimum atomic E-state index is -2.84. The zero-order chi connectivity index (χ0) is 20.3. The number of esters is 1. The first-order valence-corrected chi connectivity index (χ1v) is 9.39. The van der Waals surface area contributed by atoms with Crippen LogP contribution in [0.2, 0.25) is 0 Å². The summed E-state index contributed by atoms with van der Waals surface area (Å²) in [5.74, 6) is -0.694. The lowest BCUT2D eigenvalue weighted by molar-refractivity contribution is -0.127. The number of hydrogen-bond acceptors (Lipinski definition) is 4. The summed E-state index contributed by atoms with van der Waals surface area (Å²) < 4.78 is 34.0. The second kappa shape index (κ2) is 8.20. The molecule has 5 nitrogen and oxygen atoms in total. The lowest BCUT2D eigenvalue weighted by Gasteiger charge is -2.35. The van der Waals surface area contributed by atoms with Crippen LogP contribution in [0, 0.1) is 5.41 Å². The van der Waals surface area contributed by atoms with Gasteiger partial charge in [0.05, 0.1) is 12.2 Å². The van der Waals surface area contributed by atoms with E-state index in [2.05, 4.69) is 5.10 Å². The molecule has 1 aromatic heterocycles. The number of halogens is 2. The lowest BCUT2D eigenvalue weighted by atomic mass is 9.71. The van der Waals surface area contributed by atoms with Crippen molar-refractivity contribution in [2.75, 3.05) is 0 Å². The molecule has 0 atom stereocenters. The maximum absolute atomic E-state index is 13.8. The van der Waals surface area contributed by atoms with E-state index in [1.54, 1.807) is 19.1 Å². The minimum absolute atomic E-state index is 0.00786. The largest absolute Gasteiger partial charge is 0.457 e. The van der Waals surface area contributed by atoms with Gasteiger partial charge in [-0.3, -0.25) is 9.48 Å². The molecule has 0 aliphatic heterocycles. The quantitative estimate of drug-likeness (QED) is 0.659. The third-order valence-electron chi connectivity index (χ3n) is 5.73. The van der Waals surface area contributed by atoms with Crippen LogP contribution in [0.3, 0.4) is 0 Å². The topological polar surface area (TPSA) is 61.2 Å². The highest BCUT2D eigenvalue weighted by Gasteiger charge is 2.37. The van der Waals surface area contributed by atoms with E-state index in [4.69, 9.17) is 4.74 Å². The molecule has 0 saturated heterocycles. The normalized spacial score (nSPS) is 22.2. The maximum Gasteiger partial charge on any atom is 0.342 e. The van der Waals surface area contributed by atoms with Gasteiger partial charge in [-0.1, -0.05) is 37.3 Å². The zero-order valence-electron chi connectivity index (χ0n) is 16.0. The first-order chi connectivity index (χ1) is 13.3. The molecular formula is C21H24F2N2O3. The van der Waals surface area contributed by atoms with Gasteiger partial charge in [-0.15, -0.1) is 0 Å². The van der Waals surface area contributed by atoms with Gasteiger partial charge in [0.15, 0.2) is 0 Å². The molecule has 2 aromatic rings. The Morgan fingerprint density at radius 3 is 2.46 bits per heavy atom. The summed E-state index contributed by atoms with van der Waals surface area (Å²) in [6.45, 7) is 3.49. The van der Waals surface area contributed by atoms with Gasteiger partial charge in [0, 0.05) is 5.41 Å². The van der Waals surface area contributed by atoms with Crippen LogP contribution < -0.4 is 0 Å². The summed E-state index contributed by atoms with van der Waals surface area (Å²) in [5.41, 5.74) is -0.246. The van der Waals surface area contributed by atoms with E-state index < -0.39 is 23.5 Å². The number of rotatable bonds is 6. The Morgan fingerprint density at radius 2 is 1.89 bits per heavy atom. The average Bonchev–Trinajstić information content (AvgIpc) is 3.13. The Kier molecular flexibility index (Phi) is 5.91. The van der Waals surface area contributed by atoms with Crippen molar-refractivity contribution in [3.63, 3.8) is 0 Å². The van der Waals surface area contributed by atoms with Crippen molar-refractivity contribution in [2.24, 2.45) is 5.41 Å². The molecule has 0 unspecified atom stereocenters. The number of ketones is 1.